The molecule has 2 aromatic heterocycles. The van der Waals surface area contributed by atoms with Gasteiger partial charge in [-0.3, -0.25) is 0 Å². The monoisotopic (exact) mass is 209 g/mol. The van der Waals surface area contributed by atoms with Gasteiger partial charge >= 0.3 is 0 Å². The number of anilines is 1. The molecule has 2 heterocycles. The highest BCUT2D eigenvalue weighted by atomic mass is 35.5. The fourth-order valence-corrected chi connectivity index (χ4v) is 1.81. The first-order valence-electron chi connectivity index (χ1n) is 4.42. The first-order chi connectivity index (χ1) is 6.77. The predicted molar refractivity (Wildman–Crippen MR) is 52.2 cm³/mol. The number of hydrogen-bond acceptors (Lipinski definition) is 4. The molecule has 1 aliphatic rings. The van der Waals surface area contributed by atoms with Crippen LogP contribution in [-0.2, 0) is 0 Å². The number of nitrogens with two attached hydrogens (primary N) is 1. The first kappa shape index (κ1) is 7.99. The zero-order valence-electron chi connectivity index (χ0n) is 7.31. The SMILES string of the molecule is Nc1ncnc2c(Cl)c(C3CC3)nn12. The van der Waals surface area contributed by atoms with E-state index in [1.807, 2.05) is 0 Å². The summed E-state index contributed by atoms with van der Waals surface area (Å²) >= 11 is 6.13. The first-order valence-corrected chi connectivity index (χ1v) is 4.80. The number of halogens is 1. The zero-order chi connectivity index (χ0) is 9.71. The Morgan fingerprint density at radius 3 is 2.86 bits per heavy atom. The highest BCUT2D eigenvalue weighted by Crippen LogP contribution is 2.43. The van der Waals surface area contributed by atoms with Crippen LogP contribution in [0.5, 0.6) is 0 Å². The van der Waals surface area contributed by atoms with Crippen molar-refractivity contribution in [3.8, 4) is 0 Å². The molecule has 0 radical (unpaired) electrons. The minimum Gasteiger partial charge on any atom is -0.368 e. The third kappa shape index (κ3) is 0.988. The van der Waals surface area contributed by atoms with E-state index in [0.29, 0.717) is 22.5 Å². The minimum absolute atomic E-state index is 0.323. The number of hydrogen-bond donors (Lipinski definition) is 1. The van der Waals surface area contributed by atoms with Gasteiger partial charge in [-0.15, -0.1) is 0 Å². The van der Waals surface area contributed by atoms with E-state index in [-0.39, 0.29) is 0 Å². The van der Waals surface area contributed by atoms with Gasteiger partial charge in [-0.1, -0.05) is 11.6 Å². The molecule has 0 saturated heterocycles. The number of rotatable bonds is 1. The Hall–Kier alpha value is -1.36. The van der Waals surface area contributed by atoms with Crippen molar-refractivity contribution in [3.05, 3.63) is 17.0 Å². The van der Waals surface area contributed by atoms with Crippen molar-refractivity contribution in [2.24, 2.45) is 0 Å². The van der Waals surface area contributed by atoms with Crippen LogP contribution in [0.1, 0.15) is 24.5 Å². The van der Waals surface area contributed by atoms with Gasteiger partial charge in [-0.05, 0) is 12.8 Å². The average molecular weight is 210 g/mol. The molecular weight excluding hydrogens is 202 g/mol. The standard InChI is InChI=1S/C8H8ClN5/c9-5-6(4-1-2-4)13-14-7(5)11-3-12-8(14)10/h3-4H,1-2H2,(H2,10,11,12). The van der Waals surface area contributed by atoms with Crippen LogP contribution in [0.2, 0.25) is 5.02 Å². The number of aromatic nitrogens is 4. The molecular formula is C8H8ClN5. The molecule has 0 atom stereocenters. The molecule has 3 rings (SSSR count). The van der Waals surface area contributed by atoms with Gasteiger partial charge in [0.05, 0.1) is 5.69 Å². The van der Waals surface area contributed by atoms with Crippen LogP contribution in [0.25, 0.3) is 5.65 Å². The maximum absolute atomic E-state index is 6.13. The number of nitrogens with zero attached hydrogens (tertiary/aromatic N) is 4. The van der Waals surface area contributed by atoms with Gasteiger partial charge in [-0.25, -0.2) is 9.97 Å². The molecule has 0 bridgehead atoms. The molecule has 72 valence electrons. The van der Waals surface area contributed by atoms with E-state index in [1.165, 1.54) is 10.8 Å². The molecule has 1 saturated carbocycles. The molecule has 1 aliphatic carbocycles. The van der Waals surface area contributed by atoms with Gasteiger partial charge in [0.25, 0.3) is 0 Å². The van der Waals surface area contributed by atoms with E-state index < -0.39 is 0 Å². The van der Waals surface area contributed by atoms with Crippen LogP contribution in [0.15, 0.2) is 6.33 Å². The summed E-state index contributed by atoms with van der Waals surface area (Å²) in [5.74, 6) is 0.812. The maximum atomic E-state index is 6.13. The molecule has 0 spiro atoms. The third-order valence-corrected chi connectivity index (χ3v) is 2.74. The smallest absolute Gasteiger partial charge is 0.224 e. The van der Waals surface area contributed by atoms with Crippen LogP contribution in [0.3, 0.4) is 0 Å². The Kier molecular flexibility index (Phi) is 1.47. The Morgan fingerprint density at radius 2 is 2.21 bits per heavy atom. The van der Waals surface area contributed by atoms with Crippen molar-refractivity contribution in [3.63, 3.8) is 0 Å². The summed E-state index contributed by atoms with van der Waals surface area (Å²) < 4.78 is 1.50. The molecule has 0 amide bonds. The highest BCUT2D eigenvalue weighted by Gasteiger charge is 2.30. The largest absolute Gasteiger partial charge is 0.368 e. The van der Waals surface area contributed by atoms with Gasteiger partial charge < -0.3 is 5.73 Å². The molecule has 6 heteroatoms. The van der Waals surface area contributed by atoms with E-state index in [9.17, 15) is 0 Å². The summed E-state index contributed by atoms with van der Waals surface area (Å²) in [5, 5.41) is 4.92. The third-order valence-electron chi connectivity index (χ3n) is 2.38. The van der Waals surface area contributed by atoms with Gasteiger partial charge in [0, 0.05) is 5.92 Å². The van der Waals surface area contributed by atoms with Crippen LogP contribution in [-0.4, -0.2) is 19.6 Å². The van der Waals surface area contributed by atoms with Crippen molar-refractivity contribution in [1.29, 1.82) is 0 Å². The van der Waals surface area contributed by atoms with Crippen LogP contribution in [0, 0.1) is 0 Å². The van der Waals surface area contributed by atoms with Crippen molar-refractivity contribution in [1.82, 2.24) is 19.6 Å². The molecule has 2 N–H and O–H groups in total. The number of nitrogen functional groups attached to an aromatic ring is 1. The summed E-state index contributed by atoms with van der Waals surface area (Å²) in [4.78, 5) is 7.90. The minimum atomic E-state index is 0.323. The molecule has 2 aromatic rings. The second kappa shape index (κ2) is 2.57. The average Bonchev–Trinajstić information content (AvgIpc) is 2.94. The Bertz CT molecular complexity index is 502. The summed E-state index contributed by atoms with van der Waals surface area (Å²) in [6.07, 6.45) is 3.70. The van der Waals surface area contributed by atoms with E-state index in [2.05, 4.69) is 15.1 Å². The summed E-state index contributed by atoms with van der Waals surface area (Å²) in [6, 6.07) is 0. The van der Waals surface area contributed by atoms with Crippen molar-refractivity contribution >= 4 is 23.2 Å². The van der Waals surface area contributed by atoms with Crippen LogP contribution in [0.4, 0.5) is 5.95 Å². The van der Waals surface area contributed by atoms with Crippen molar-refractivity contribution < 1.29 is 0 Å². The van der Waals surface area contributed by atoms with Crippen LogP contribution < -0.4 is 5.73 Å². The van der Waals surface area contributed by atoms with Crippen molar-refractivity contribution in [2.75, 3.05) is 5.73 Å². The molecule has 0 aromatic carbocycles. The number of fused-ring (bicyclic) bond motifs is 1. The lowest BCUT2D eigenvalue weighted by atomic mass is 10.3. The quantitative estimate of drug-likeness (QED) is 0.767. The maximum Gasteiger partial charge on any atom is 0.224 e. The molecule has 1 fully saturated rings. The van der Waals surface area contributed by atoms with E-state index in [0.717, 1.165) is 18.5 Å². The second-order valence-electron chi connectivity index (χ2n) is 3.44. The lowest BCUT2D eigenvalue weighted by Gasteiger charge is -1.93. The van der Waals surface area contributed by atoms with Gasteiger partial charge in [-0.2, -0.15) is 9.61 Å². The highest BCUT2D eigenvalue weighted by molar-refractivity contribution is 6.34. The predicted octanol–water partition coefficient (Wildman–Crippen LogP) is 1.24. The molecule has 5 nitrogen and oxygen atoms in total. The van der Waals surface area contributed by atoms with Gasteiger partial charge in [0.2, 0.25) is 5.95 Å². The Morgan fingerprint density at radius 1 is 1.43 bits per heavy atom. The van der Waals surface area contributed by atoms with Gasteiger partial charge in [0.15, 0.2) is 5.65 Å². The Labute approximate surface area is 84.9 Å². The molecule has 0 aliphatic heterocycles. The molecule has 14 heavy (non-hydrogen) atoms. The zero-order valence-corrected chi connectivity index (χ0v) is 8.07. The fraction of sp³-hybridized carbons (Fsp3) is 0.375. The fourth-order valence-electron chi connectivity index (χ4n) is 1.49. The van der Waals surface area contributed by atoms with E-state index in [1.54, 1.807) is 0 Å². The summed E-state index contributed by atoms with van der Waals surface area (Å²) in [5.41, 5.74) is 7.15. The second-order valence-corrected chi connectivity index (χ2v) is 3.82. The van der Waals surface area contributed by atoms with E-state index in [4.69, 9.17) is 17.3 Å². The lowest BCUT2D eigenvalue weighted by Crippen LogP contribution is -2.02. The topological polar surface area (TPSA) is 69.1 Å². The summed E-state index contributed by atoms with van der Waals surface area (Å²) in [7, 11) is 0. The molecule has 0 unspecified atom stereocenters. The Balaban J connectivity index is 2.33. The van der Waals surface area contributed by atoms with Crippen LogP contribution >= 0.6 is 11.6 Å². The van der Waals surface area contributed by atoms with Crippen molar-refractivity contribution in [2.45, 2.75) is 18.8 Å². The van der Waals surface area contributed by atoms with Gasteiger partial charge in [0.1, 0.15) is 11.3 Å². The lowest BCUT2D eigenvalue weighted by molar-refractivity contribution is 0.865. The summed E-state index contributed by atoms with van der Waals surface area (Å²) in [6.45, 7) is 0. The van der Waals surface area contributed by atoms with E-state index >= 15 is 0 Å². The normalized spacial score (nSPS) is 16.4.